The Bertz CT molecular complexity index is 1260. The molecule has 2 heterocycles. The molecule has 1 saturated carbocycles. The van der Waals surface area contributed by atoms with Crippen molar-refractivity contribution < 1.29 is 47.6 Å². The Kier molecular flexibility index (Phi) is 19.3. The van der Waals surface area contributed by atoms with Crippen LogP contribution in [0.2, 0.25) is 0 Å². The number of carbonyl (C=O) groups is 4. The summed E-state index contributed by atoms with van der Waals surface area (Å²) in [5.74, 6) is 1.60. The summed E-state index contributed by atoms with van der Waals surface area (Å²) >= 11 is 0. The van der Waals surface area contributed by atoms with Gasteiger partial charge < -0.3 is 28.4 Å². The number of allylic oxidation sites excluding steroid dienone is 6. The molecule has 2 aliphatic heterocycles. The van der Waals surface area contributed by atoms with E-state index in [0.29, 0.717) is 36.2 Å². The van der Waals surface area contributed by atoms with E-state index >= 15 is 0 Å². The average molecular weight is 739 g/mol. The number of rotatable bonds is 24. The number of hydrogen-bond donors (Lipinski definition) is 0. The Morgan fingerprint density at radius 2 is 0.962 bits per heavy atom. The monoisotopic (exact) mass is 738 g/mol. The van der Waals surface area contributed by atoms with Crippen LogP contribution in [0, 0.1) is 11.8 Å². The van der Waals surface area contributed by atoms with Crippen molar-refractivity contribution in [1.29, 1.82) is 0 Å². The molecule has 0 aromatic heterocycles. The number of ether oxygens (including phenoxy) is 6. The lowest BCUT2D eigenvalue weighted by molar-refractivity contribution is -0.138. The molecule has 10 nitrogen and oxygen atoms in total. The molecule has 0 aromatic carbocycles. The molecular weight excluding hydrogens is 676 g/mol. The van der Waals surface area contributed by atoms with Crippen molar-refractivity contribution in [2.45, 2.75) is 148 Å². The third kappa shape index (κ3) is 18.0. The summed E-state index contributed by atoms with van der Waals surface area (Å²) in [6.45, 7) is 7.45. The van der Waals surface area contributed by atoms with E-state index in [-0.39, 0.29) is 25.2 Å². The predicted molar refractivity (Wildman–Crippen MR) is 203 cm³/mol. The van der Waals surface area contributed by atoms with Crippen LogP contribution < -0.4 is 0 Å². The predicted octanol–water partition coefficient (Wildman–Crippen LogP) is 10.8. The molecular formula is C43H62O10. The van der Waals surface area contributed by atoms with Gasteiger partial charge in [0.2, 0.25) is 0 Å². The molecule has 1 aliphatic carbocycles. The normalized spacial score (nSPS) is 22.3. The van der Waals surface area contributed by atoms with Crippen LogP contribution in [0.25, 0.3) is 0 Å². The second kappa shape index (κ2) is 23.6. The van der Waals surface area contributed by atoms with Crippen molar-refractivity contribution in [2.24, 2.45) is 11.8 Å². The third-order valence-corrected chi connectivity index (χ3v) is 9.46. The number of esters is 2. The first-order valence-electron chi connectivity index (χ1n) is 19.7. The molecule has 2 saturated heterocycles. The molecule has 294 valence electrons. The van der Waals surface area contributed by atoms with E-state index in [9.17, 15) is 19.2 Å². The maximum Gasteiger partial charge on any atom is 0.514 e. The number of carbonyl (C=O) groups excluding carboxylic acids is 4. The Labute approximate surface area is 316 Å². The third-order valence-electron chi connectivity index (χ3n) is 9.46. The van der Waals surface area contributed by atoms with E-state index in [1.807, 2.05) is 12.2 Å². The Hall–Kier alpha value is -4.08. The van der Waals surface area contributed by atoms with Gasteiger partial charge >= 0.3 is 24.2 Å². The average Bonchev–Trinajstić information content (AvgIpc) is 3.74. The molecule has 0 spiro atoms. The summed E-state index contributed by atoms with van der Waals surface area (Å²) in [6.07, 6.45) is 36.4. The first-order valence-corrected chi connectivity index (χ1v) is 19.7. The second-order valence-electron chi connectivity index (χ2n) is 15.0. The van der Waals surface area contributed by atoms with Crippen molar-refractivity contribution in [1.82, 2.24) is 0 Å². The van der Waals surface area contributed by atoms with Gasteiger partial charge in [-0.2, -0.15) is 0 Å². The lowest BCUT2D eigenvalue weighted by Gasteiger charge is -2.13. The first kappa shape index (κ1) is 43.3. The van der Waals surface area contributed by atoms with Gasteiger partial charge in [-0.15, -0.1) is 0 Å². The fourth-order valence-corrected chi connectivity index (χ4v) is 6.45. The fourth-order valence-electron chi connectivity index (χ4n) is 6.45. The Balaban J connectivity index is 1.08. The highest BCUT2D eigenvalue weighted by atomic mass is 16.8. The molecule has 2 unspecified atom stereocenters. The molecule has 2 atom stereocenters. The van der Waals surface area contributed by atoms with Crippen LogP contribution >= 0.6 is 0 Å². The SMILES string of the molecule is CC1(C)OC(=O)O/C1=C/CCOC(=O)C=CCCCCCC/C=C/C1CCC(C=CCCCCCC/C=C/C(=O)OCC/C=C2/OC(=O)OC2(C)C)C1. The highest BCUT2D eigenvalue weighted by molar-refractivity contribution is 5.82. The molecule has 10 heteroatoms. The van der Waals surface area contributed by atoms with Crippen LogP contribution in [0.1, 0.15) is 137 Å². The molecule has 3 fully saturated rings. The van der Waals surface area contributed by atoms with Gasteiger partial charge in [-0.05, 0) is 122 Å². The van der Waals surface area contributed by atoms with Crippen molar-refractivity contribution in [3.8, 4) is 0 Å². The van der Waals surface area contributed by atoms with Crippen LogP contribution in [0.3, 0.4) is 0 Å². The van der Waals surface area contributed by atoms with Crippen LogP contribution in [-0.4, -0.2) is 48.7 Å². The minimum atomic E-state index is -0.782. The molecule has 0 amide bonds. The van der Waals surface area contributed by atoms with E-state index in [1.165, 1.54) is 57.1 Å². The molecule has 0 radical (unpaired) electrons. The molecule has 0 N–H and O–H groups in total. The maximum atomic E-state index is 11.9. The van der Waals surface area contributed by atoms with E-state index < -0.39 is 23.5 Å². The molecule has 0 aromatic rings. The summed E-state index contributed by atoms with van der Waals surface area (Å²) < 4.78 is 30.6. The largest absolute Gasteiger partial charge is 0.514 e. The van der Waals surface area contributed by atoms with E-state index in [1.54, 1.807) is 39.8 Å². The topological polar surface area (TPSA) is 124 Å². The first-order chi connectivity index (χ1) is 25.4. The highest BCUT2D eigenvalue weighted by Crippen LogP contribution is 2.33. The van der Waals surface area contributed by atoms with Gasteiger partial charge in [0.1, 0.15) is 0 Å². The summed E-state index contributed by atoms with van der Waals surface area (Å²) in [4.78, 5) is 46.3. The van der Waals surface area contributed by atoms with Crippen molar-refractivity contribution >= 4 is 24.2 Å². The van der Waals surface area contributed by atoms with Crippen molar-refractivity contribution in [3.63, 3.8) is 0 Å². The second-order valence-corrected chi connectivity index (χ2v) is 15.0. The minimum absolute atomic E-state index is 0.221. The van der Waals surface area contributed by atoms with Gasteiger partial charge in [0.05, 0.1) is 13.2 Å². The zero-order valence-corrected chi connectivity index (χ0v) is 32.4. The van der Waals surface area contributed by atoms with Crippen molar-refractivity contribution in [2.75, 3.05) is 13.2 Å². The van der Waals surface area contributed by atoms with E-state index in [2.05, 4.69) is 24.3 Å². The van der Waals surface area contributed by atoms with Gasteiger partial charge in [-0.25, -0.2) is 19.2 Å². The highest BCUT2D eigenvalue weighted by Gasteiger charge is 2.39. The van der Waals surface area contributed by atoms with Gasteiger partial charge in [-0.3, -0.25) is 0 Å². The standard InChI is InChI=1S/C43H62O10/c1-42(2)36(50-40(46)52-42)25-21-31-48-38(44)27-19-15-11-7-5-9-13-17-23-34-29-30-35(33-34)24-18-14-10-6-8-12-16-20-28-39(45)49-32-22-26-37-43(3,4)53-41(47)51-37/h17-20,23-28,34-35H,5-16,21-22,29-33H2,1-4H3/b23-17+,24-18?,27-19?,28-20+,36-25+,37-26+. The lowest BCUT2D eigenvalue weighted by atomic mass is 10.0. The number of unbranched alkanes of at least 4 members (excludes halogenated alkanes) is 10. The number of hydrogen-bond acceptors (Lipinski definition) is 10. The molecule has 3 aliphatic rings. The van der Waals surface area contributed by atoms with Gasteiger partial charge in [-0.1, -0.05) is 62.1 Å². The smallest absolute Gasteiger partial charge is 0.462 e. The molecule has 53 heavy (non-hydrogen) atoms. The quantitative estimate of drug-likeness (QED) is 0.0311. The van der Waals surface area contributed by atoms with Crippen LogP contribution in [0.5, 0.6) is 0 Å². The van der Waals surface area contributed by atoms with E-state index in [4.69, 9.17) is 28.4 Å². The van der Waals surface area contributed by atoms with Gasteiger partial charge in [0.15, 0.2) is 22.7 Å². The summed E-state index contributed by atoms with van der Waals surface area (Å²) in [5, 5.41) is 0. The van der Waals surface area contributed by atoms with Gasteiger partial charge in [0.25, 0.3) is 0 Å². The number of cyclic esters (lactones) is 4. The van der Waals surface area contributed by atoms with Crippen LogP contribution in [-0.2, 0) is 38.0 Å². The fraction of sp³-hybridized carbons (Fsp3) is 0.628. The molecule has 0 bridgehead atoms. The summed E-state index contributed by atoms with van der Waals surface area (Å²) in [7, 11) is 0. The lowest BCUT2D eigenvalue weighted by Crippen LogP contribution is -2.20. The zero-order chi connectivity index (χ0) is 38.4. The molecule has 3 rings (SSSR count). The van der Waals surface area contributed by atoms with Crippen LogP contribution in [0.4, 0.5) is 9.59 Å². The zero-order valence-electron chi connectivity index (χ0n) is 32.4. The summed E-state index contributed by atoms with van der Waals surface area (Å²) in [5.41, 5.74) is -1.56. The van der Waals surface area contributed by atoms with Crippen LogP contribution in [0.15, 0.2) is 72.3 Å². The Morgan fingerprint density at radius 3 is 1.32 bits per heavy atom. The maximum absolute atomic E-state index is 11.9. The van der Waals surface area contributed by atoms with E-state index in [0.717, 1.165) is 51.4 Å². The summed E-state index contributed by atoms with van der Waals surface area (Å²) in [6, 6.07) is 0. The minimum Gasteiger partial charge on any atom is -0.462 e. The van der Waals surface area contributed by atoms with Crippen molar-refractivity contribution in [3.05, 3.63) is 72.3 Å². The van der Waals surface area contributed by atoms with Gasteiger partial charge in [0, 0.05) is 25.0 Å². The Morgan fingerprint density at radius 1 is 0.585 bits per heavy atom.